The highest BCUT2D eigenvalue weighted by molar-refractivity contribution is 5.85. The zero-order valence-electron chi connectivity index (χ0n) is 9.69. The maximum atomic E-state index is 8.72. The third-order valence-electron chi connectivity index (χ3n) is 2.52. The van der Waals surface area contributed by atoms with E-state index in [1.807, 2.05) is 0 Å². The third-order valence-corrected chi connectivity index (χ3v) is 2.52. The zero-order valence-corrected chi connectivity index (χ0v) is 10.5. The fourth-order valence-electron chi connectivity index (χ4n) is 1.49. The molecule has 0 heterocycles. The summed E-state index contributed by atoms with van der Waals surface area (Å²) in [7, 11) is 0. The highest BCUT2D eigenvalue weighted by atomic mass is 35.5. The first kappa shape index (κ1) is 17.6. The van der Waals surface area contributed by atoms with Gasteiger partial charge in [0, 0.05) is 0 Å². The molecule has 0 spiro atoms. The van der Waals surface area contributed by atoms with Crippen molar-refractivity contribution in [1.82, 2.24) is 0 Å². The maximum Gasteiger partial charge on any atom is 0.166 e. The van der Waals surface area contributed by atoms with Gasteiger partial charge in [0.05, 0.1) is 6.04 Å². The van der Waals surface area contributed by atoms with Gasteiger partial charge in [-0.1, -0.05) is 51.9 Å². The molecule has 0 aromatic carbocycles. The van der Waals surface area contributed by atoms with Crippen molar-refractivity contribution in [3.63, 3.8) is 0 Å². The summed E-state index contributed by atoms with van der Waals surface area (Å²) in [6, 6.07) is -0.467. The maximum absolute atomic E-state index is 8.72. The summed E-state index contributed by atoms with van der Waals surface area (Å²) in [5.41, 5.74) is 5.48. The van der Waals surface area contributed by atoms with Crippen LogP contribution in [0, 0.1) is 0 Å². The number of rotatable bonds is 9. The Kier molecular flexibility index (Phi) is 14.3. The monoisotopic (exact) mass is 239 g/mol. The Labute approximate surface area is 99.5 Å². The molecule has 4 N–H and O–H groups in total. The molecule has 0 fully saturated rings. The summed E-state index contributed by atoms with van der Waals surface area (Å²) >= 11 is 0. The van der Waals surface area contributed by atoms with Crippen molar-refractivity contribution >= 4 is 12.4 Å². The summed E-state index contributed by atoms with van der Waals surface area (Å²) in [4.78, 5) is 0. The van der Waals surface area contributed by atoms with E-state index in [2.05, 4.69) is 6.92 Å². The van der Waals surface area contributed by atoms with Gasteiger partial charge in [-0.2, -0.15) is 0 Å². The molecule has 0 aliphatic heterocycles. The molecule has 0 aromatic rings. The van der Waals surface area contributed by atoms with Crippen molar-refractivity contribution in [2.75, 3.05) is 0 Å². The second-order valence-electron chi connectivity index (χ2n) is 3.99. The minimum absolute atomic E-state index is 0. The molecule has 3 nitrogen and oxygen atoms in total. The lowest BCUT2D eigenvalue weighted by Crippen LogP contribution is -2.34. The van der Waals surface area contributed by atoms with Crippen LogP contribution in [0.4, 0.5) is 0 Å². The number of aliphatic hydroxyl groups is 2. The lowest BCUT2D eigenvalue weighted by atomic mass is 10.1. The smallest absolute Gasteiger partial charge is 0.166 e. The molecule has 0 saturated carbocycles. The number of halogens is 1. The normalized spacial score (nSPS) is 12.6. The van der Waals surface area contributed by atoms with Gasteiger partial charge in [-0.3, -0.25) is 0 Å². The molecule has 0 rings (SSSR count). The van der Waals surface area contributed by atoms with Gasteiger partial charge in [-0.15, -0.1) is 12.4 Å². The predicted octanol–water partition coefficient (Wildman–Crippen LogP) is 2.19. The number of aliphatic hydroxyl groups excluding tert-OH is 1. The number of nitrogens with two attached hydrogens (primary N) is 1. The van der Waals surface area contributed by atoms with Crippen LogP contribution < -0.4 is 5.73 Å². The molecule has 1 unspecified atom stereocenters. The highest BCUT2D eigenvalue weighted by Gasteiger charge is 2.09. The molecule has 0 aliphatic rings. The molecule has 0 aliphatic carbocycles. The molecule has 0 radical (unpaired) electrons. The van der Waals surface area contributed by atoms with E-state index >= 15 is 0 Å². The van der Waals surface area contributed by atoms with Crippen molar-refractivity contribution in [2.24, 2.45) is 5.73 Å². The predicted molar refractivity (Wildman–Crippen MR) is 66.1 cm³/mol. The quantitative estimate of drug-likeness (QED) is 0.427. The summed E-state index contributed by atoms with van der Waals surface area (Å²) < 4.78 is 0. The fourth-order valence-corrected chi connectivity index (χ4v) is 1.49. The number of hydrogen-bond acceptors (Lipinski definition) is 3. The molecule has 94 valence electrons. The van der Waals surface area contributed by atoms with Crippen molar-refractivity contribution in [1.29, 1.82) is 0 Å². The van der Waals surface area contributed by atoms with Crippen LogP contribution in [0.1, 0.15) is 58.3 Å². The number of unbranched alkanes of at least 4 members (excludes halogenated alkanes) is 6. The van der Waals surface area contributed by atoms with Crippen molar-refractivity contribution in [2.45, 2.75) is 70.6 Å². The Morgan fingerprint density at radius 3 is 1.87 bits per heavy atom. The summed E-state index contributed by atoms with van der Waals surface area (Å²) in [5.74, 6) is 0. The van der Waals surface area contributed by atoms with Gasteiger partial charge in [-0.05, 0) is 6.42 Å². The Morgan fingerprint density at radius 1 is 0.933 bits per heavy atom. The van der Waals surface area contributed by atoms with Gasteiger partial charge < -0.3 is 15.9 Å². The summed E-state index contributed by atoms with van der Waals surface area (Å²) in [5, 5.41) is 17.4. The zero-order chi connectivity index (χ0) is 10.8. The average molecular weight is 240 g/mol. The van der Waals surface area contributed by atoms with Gasteiger partial charge >= 0.3 is 0 Å². The van der Waals surface area contributed by atoms with E-state index < -0.39 is 12.3 Å². The largest absolute Gasteiger partial charge is 0.367 e. The SMILES string of the molecule is CCCCCCCCCC(N)C(O)O.Cl. The Balaban J connectivity index is 0. The van der Waals surface area contributed by atoms with Gasteiger partial charge in [0.25, 0.3) is 0 Å². The second-order valence-corrected chi connectivity index (χ2v) is 3.99. The van der Waals surface area contributed by atoms with E-state index in [0.29, 0.717) is 6.42 Å². The lowest BCUT2D eigenvalue weighted by Gasteiger charge is -2.12. The van der Waals surface area contributed by atoms with Gasteiger partial charge in [0.15, 0.2) is 6.29 Å². The standard InChI is InChI=1S/C11H25NO2.ClH/c1-2-3-4-5-6-7-8-9-10(12)11(13)14;/h10-11,13-14H,2-9,12H2,1H3;1H. The molecule has 1 atom stereocenters. The van der Waals surface area contributed by atoms with Gasteiger partial charge in [-0.25, -0.2) is 0 Å². The van der Waals surface area contributed by atoms with Crippen LogP contribution in [0.3, 0.4) is 0 Å². The van der Waals surface area contributed by atoms with E-state index in [-0.39, 0.29) is 12.4 Å². The van der Waals surface area contributed by atoms with Crippen LogP contribution in [0.2, 0.25) is 0 Å². The molecule has 0 bridgehead atoms. The van der Waals surface area contributed by atoms with Crippen LogP contribution >= 0.6 is 12.4 Å². The summed E-state index contributed by atoms with van der Waals surface area (Å²) in [6.07, 6.45) is 8.00. The Bertz CT molecular complexity index is 123. The third kappa shape index (κ3) is 12.1. The Morgan fingerprint density at radius 2 is 1.40 bits per heavy atom. The first-order valence-corrected chi connectivity index (χ1v) is 5.80. The molecule has 4 heteroatoms. The molecule has 0 aromatic heterocycles. The van der Waals surface area contributed by atoms with Gasteiger partial charge in [0.2, 0.25) is 0 Å². The molecule has 15 heavy (non-hydrogen) atoms. The van der Waals surface area contributed by atoms with Crippen molar-refractivity contribution in [3.8, 4) is 0 Å². The second kappa shape index (κ2) is 12.2. The number of hydrogen-bond donors (Lipinski definition) is 3. The molecule has 0 saturated heterocycles. The van der Waals surface area contributed by atoms with Crippen LogP contribution in [-0.2, 0) is 0 Å². The summed E-state index contributed by atoms with van der Waals surface area (Å²) in [6.45, 7) is 2.21. The van der Waals surface area contributed by atoms with Crippen LogP contribution in [0.15, 0.2) is 0 Å². The lowest BCUT2D eigenvalue weighted by molar-refractivity contribution is -0.0599. The minimum Gasteiger partial charge on any atom is -0.367 e. The Hall–Kier alpha value is 0.170. The van der Waals surface area contributed by atoms with Gasteiger partial charge in [0.1, 0.15) is 0 Å². The van der Waals surface area contributed by atoms with Crippen molar-refractivity contribution < 1.29 is 10.2 Å². The van der Waals surface area contributed by atoms with Crippen LogP contribution in [0.25, 0.3) is 0 Å². The van der Waals surface area contributed by atoms with E-state index in [4.69, 9.17) is 15.9 Å². The molecule has 0 amide bonds. The molecular formula is C11H26ClNO2. The van der Waals surface area contributed by atoms with Crippen LogP contribution in [0.5, 0.6) is 0 Å². The minimum atomic E-state index is -1.35. The first-order chi connectivity index (χ1) is 6.68. The highest BCUT2D eigenvalue weighted by Crippen LogP contribution is 2.09. The van der Waals surface area contributed by atoms with E-state index in [1.54, 1.807) is 0 Å². The van der Waals surface area contributed by atoms with Crippen molar-refractivity contribution in [3.05, 3.63) is 0 Å². The molecular weight excluding hydrogens is 214 g/mol. The van der Waals surface area contributed by atoms with Crippen LogP contribution in [-0.4, -0.2) is 22.5 Å². The van der Waals surface area contributed by atoms with E-state index in [0.717, 1.165) is 12.8 Å². The fraction of sp³-hybridized carbons (Fsp3) is 1.00. The first-order valence-electron chi connectivity index (χ1n) is 5.80. The topological polar surface area (TPSA) is 66.5 Å². The van der Waals surface area contributed by atoms with E-state index in [9.17, 15) is 0 Å². The van der Waals surface area contributed by atoms with E-state index in [1.165, 1.54) is 32.1 Å². The average Bonchev–Trinajstić information content (AvgIpc) is 2.16.